The number of carbonyl (C=O) groups is 1. The molecule has 6 rings (SSSR count). The number of carbonyl (C=O) groups excluding carboxylic acids is 1. The predicted molar refractivity (Wildman–Crippen MR) is 185 cm³/mol. The van der Waals surface area contributed by atoms with Crippen molar-refractivity contribution >= 4 is 28.4 Å². The van der Waals surface area contributed by atoms with Gasteiger partial charge < -0.3 is 30.0 Å². The van der Waals surface area contributed by atoms with Gasteiger partial charge in [0.2, 0.25) is 5.91 Å². The number of methoxy groups -OCH3 is 2. The third-order valence-corrected chi connectivity index (χ3v) is 9.27. The van der Waals surface area contributed by atoms with Crippen LogP contribution >= 0.6 is 11.6 Å². The summed E-state index contributed by atoms with van der Waals surface area (Å²) >= 11 is 6.24. The lowest BCUT2D eigenvalue weighted by Crippen LogP contribution is -2.55. The Morgan fingerprint density at radius 2 is 1.59 bits per heavy atom. The van der Waals surface area contributed by atoms with E-state index in [0.717, 1.165) is 87.4 Å². The van der Waals surface area contributed by atoms with Gasteiger partial charge in [-0.1, -0.05) is 29.8 Å². The maximum Gasteiger partial charge on any atom is 0.238 e. The smallest absolute Gasteiger partial charge is 0.238 e. The van der Waals surface area contributed by atoms with E-state index >= 15 is 0 Å². The Labute approximate surface area is 276 Å². The highest BCUT2D eigenvalue weighted by molar-refractivity contribution is 6.30. The number of amides is 1. The second-order valence-electron chi connectivity index (χ2n) is 12.2. The van der Waals surface area contributed by atoms with Crippen molar-refractivity contribution in [3.8, 4) is 22.6 Å². The maximum atomic E-state index is 12.5. The van der Waals surface area contributed by atoms with Gasteiger partial charge in [-0.3, -0.25) is 14.6 Å². The summed E-state index contributed by atoms with van der Waals surface area (Å²) in [6.45, 7) is 9.71. The van der Waals surface area contributed by atoms with Crippen LogP contribution in [0.15, 0.2) is 66.9 Å². The van der Waals surface area contributed by atoms with Crippen molar-refractivity contribution in [2.24, 2.45) is 0 Å². The summed E-state index contributed by atoms with van der Waals surface area (Å²) in [5, 5.41) is 11.6. The number of fused-ring (bicyclic) bond motifs is 1. The minimum absolute atomic E-state index is 0.0671. The number of hydrogen-bond acceptors (Lipinski definition) is 7. The van der Waals surface area contributed by atoms with Gasteiger partial charge >= 0.3 is 0 Å². The molecule has 46 heavy (non-hydrogen) atoms. The number of nitrogens with one attached hydrogen (secondary N) is 3. The molecule has 1 atom stereocenters. The number of halogens is 1. The third-order valence-electron chi connectivity index (χ3n) is 9.02. The maximum absolute atomic E-state index is 12.5. The van der Waals surface area contributed by atoms with Gasteiger partial charge in [-0.2, -0.15) is 0 Å². The fraction of sp³-hybridized carbons (Fsp3) is 0.417. The lowest BCUT2D eigenvalue weighted by atomic mass is 10.0. The molecule has 1 amide bonds. The van der Waals surface area contributed by atoms with Crippen molar-refractivity contribution < 1.29 is 14.3 Å². The molecule has 4 aromatic rings. The lowest BCUT2D eigenvalue weighted by molar-refractivity contribution is -0.123. The first kappa shape index (κ1) is 32.3. The minimum atomic E-state index is -0.156. The van der Waals surface area contributed by atoms with Crippen LogP contribution in [0.1, 0.15) is 17.5 Å². The number of piperazine rings is 2. The van der Waals surface area contributed by atoms with E-state index in [9.17, 15) is 4.79 Å². The molecule has 1 aromatic heterocycles. The summed E-state index contributed by atoms with van der Waals surface area (Å²) in [6.07, 6.45) is 3.10. The Kier molecular flexibility index (Phi) is 10.8. The first-order valence-corrected chi connectivity index (χ1v) is 16.6. The zero-order valence-corrected chi connectivity index (χ0v) is 27.6. The second kappa shape index (κ2) is 15.3. The number of aryl methyl sites for hydroxylation is 1. The summed E-state index contributed by atoms with van der Waals surface area (Å²) < 4.78 is 13.3. The molecule has 2 aliphatic heterocycles. The molecular formula is C36H45ClN6O3. The van der Waals surface area contributed by atoms with Crippen molar-refractivity contribution in [3.63, 3.8) is 0 Å². The average molecular weight is 645 g/mol. The van der Waals surface area contributed by atoms with Gasteiger partial charge in [-0.25, -0.2) is 0 Å². The molecule has 0 saturated carbocycles. The largest absolute Gasteiger partial charge is 0.497 e. The van der Waals surface area contributed by atoms with Crippen LogP contribution in [0, 0.1) is 0 Å². The number of ether oxygens (including phenoxy) is 2. The van der Waals surface area contributed by atoms with E-state index in [4.69, 9.17) is 21.1 Å². The highest BCUT2D eigenvalue weighted by Crippen LogP contribution is 2.33. The minimum Gasteiger partial charge on any atom is -0.497 e. The van der Waals surface area contributed by atoms with Crippen LogP contribution in [0.25, 0.3) is 22.0 Å². The van der Waals surface area contributed by atoms with Crippen LogP contribution < -0.4 is 25.4 Å². The van der Waals surface area contributed by atoms with Gasteiger partial charge in [0.25, 0.3) is 0 Å². The molecule has 10 heteroatoms. The van der Waals surface area contributed by atoms with Gasteiger partial charge in [0, 0.05) is 106 Å². The van der Waals surface area contributed by atoms with Gasteiger partial charge in [0.15, 0.2) is 0 Å². The van der Waals surface area contributed by atoms with Crippen molar-refractivity contribution in [2.45, 2.75) is 32.1 Å². The summed E-state index contributed by atoms with van der Waals surface area (Å²) in [6, 6.07) is 20.9. The fourth-order valence-corrected chi connectivity index (χ4v) is 6.62. The topological polar surface area (TPSA) is 83.0 Å². The number of nitrogens with zero attached hydrogens (tertiary/aromatic N) is 3. The van der Waals surface area contributed by atoms with Crippen LogP contribution in [0.3, 0.4) is 0 Å². The highest BCUT2D eigenvalue weighted by Gasteiger charge is 2.21. The van der Waals surface area contributed by atoms with E-state index in [0.29, 0.717) is 13.1 Å². The Bertz CT molecular complexity index is 1590. The van der Waals surface area contributed by atoms with Crippen LogP contribution in [-0.2, 0) is 24.4 Å². The summed E-state index contributed by atoms with van der Waals surface area (Å²) in [5.41, 5.74) is 6.07. The van der Waals surface area contributed by atoms with E-state index in [1.165, 1.54) is 27.6 Å². The lowest BCUT2D eigenvalue weighted by Gasteiger charge is -2.34. The highest BCUT2D eigenvalue weighted by atomic mass is 35.5. The van der Waals surface area contributed by atoms with Gasteiger partial charge in [-0.05, 0) is 59.5 Å². The molecular weight excluding hydrogens is 600 g/mol. The first-order valence-electron chi connectivity index (χ1n) is 16.3. The summed E-state index contributed by atoms with van der Waals surface area (Å²) in [4.78, 5) is 17.6. The van der Waals surface area contributed by atoms with Crippen molar-refractivity contribution in [1.82, 2.24) is 30.3 Å². The molecule has 3 heterocycles. The predicted octanol–water partition coefficient (Wildman–Crippen LogP) is 4.36. The fourth-order valence-electron chi connectivity index (χ4n) is 6.49. The number of benzene rings is 3. The van der Waals surface area contributed by atoms with Crippen LogP contribution in [0.5, 0.6) is 11.5 Å². The van der Waals surface area contributed by atoms with E-state index < -0.39 is 0 Å². The quantitative estimate of drug-likeness (QED) is 0.198. The molecule has 3 aromatic carbocycles. The third kappa shape index (κ3) is 8.03. The molecule has 0 bridgehead atoms. The van der Waals surface area contributed by atoms with Gasteiger partial charge in [0.05, 0.1) is 20.3 Å². The Morgan fingerprint density at radius 3 is 2.24 bits per heavy atom. The van der Waals surface area contributed by atoms with Crippen LogP contribution in [-0.4, -0.2) is 92.9 Å². The van der Waals surface area contributed by atoms with Crippen molar-refractivity contribution in [2.75, 3.05) is 66.6 Å². The Balaban J connectivity index is 1.10. The molecule has 244 valence electrons. The molecule has 1 unspecified atom stereocenters. The summed E-state index contributed by atoms with van der Waals surface area (Å²) in [5.74, 6) is 1.72. The van der Waals surface area contributed by atoms with Gasteiger partial charge in [-0.15, -0.1) is 0 Å². The number of rotatable bonds is 12. The monoisotopic (exact) mass is 644 g/mol. The molecule has 0 radical (unpaired) electrons. The number of aromatic nitrogens is 1. The molecule has 3 N–H and O–H groups in total. The van der Waals surface area contributed by atoms with Crippen molar-refractivity contribution in [3.05, 3.63) is 83.0 Å². The molecule has 9 nitrogen and oxygen atoms in total. The van der Waals surface area contributed by atoms with E-state index in [-0.39, 0.29) is 11.9 Å². The molecule has 2 saturated heterocycles. The summed E-state index contributed by atoms with van der Waals surface area (Å²) in [7, 11) is 3.39. The standard InChI is InChI=1S/C36H45ClN6O3/c1-45-30-18-27(19-31(21-30)46-2)24-42-16-14-41(15-17-42)23-26-4-9-35-32(20-26)33(28-5-7-29(37)8-6-28)25-43(35)13-3-10-40-36(44)34-22-38-11-12-39-34/h4-9,18-21,25,34,38-39H,3,10-17,22-24H2,1-2H3,(H,40,44). The molecule has 0 aliphatic carbocycles. The molecule has 2 fully saturated rings. The average Bonchev–Trinajstić information content (AvgIpc) is 3.45. The molecule has 0 spiro atoms. The second-order valence-corrected chi connectivity index (χ2v) is 12.7. The van der Waals surface area contributed by atoms with E-state index in [1.807, 2.05) is 18.2 Å². The molecule has 2 aliphatic rings. The van der Waals surface area contributed by atoms with E-state index in [1.54, 1.807) is 14.2 Å². The van der Waals surface area contributed by atoms with Gasteiger partial charge in [0.1, 0.15) is 11.5 Å². The zero-order chi connectivity index (χ0) is 31.9. The Hall–Kier alpha value is -3.60. The first-order chi connectivity index (χ1) is 22.5. The normalized spacial score (nSPS) is 17.7. The van der Waals surface area contributed by atoms with Crippen molar-refractivity contribution in [1.29, 1.82) is 0 Å². The number of hydrogen-bond donors (Lipinski definition) is 3. The zero-order valence-electron chi connectivity index (χ0n) is 26.9. The van der Waals surface area contributed by atoms with Crippen LogP contribution in [0.2, 0.25) is 5.02 Å². The SMILES string of the molecule is COc1cc(CN2CCN(Cc3ccc4c(c3)c(-c3ccc(Cl)cc3)cn4CCCNC(=O)C3CNCCN3)CC2)cc(OC)c1. The van der Waals surface area contributed by atoms with Crippen LogP contribution in [0.4, 0.5) is 0 Å². The Morgan fingerprint density at radius 1 is 0.891 bits per heavy atom. The van der Waals surface area contributed by atoms with E-state index in [2.05, 4.69) is 79.0 Å².